The molecule has 0 radical (unpaired) electrons. The van der Waals surface area contributed by atoms with Crippen LogP contribution in [-0.4, -0.2) is 18.7 Å². The third-order valence-corrected chi connectivity index (χ3v) is 4.09. The number of rotatable bonds is 12. The molecule has 4 nitrogen and oxygen atoms in total. The zero-order valence-corrected chi connectivity index (χ0v) is 15.4. The summed E-state index contributed by atoms with van der Waals surface area (Å²) in [5.41, 5.74) is 4.37. The van der Waals surface area contributed by atoms with Gasteiger partial charge in [-0.1, -0.05) is 64.0 Å². The minimum Gasteiger partial charge on any atom is -0.497 e. The summed E-state index contributed by atoms with van der Waals surface area (Å²) in [6.07, 6.45) is 10.4. The topological polar surface area (TPSA) is 50.7 Å². The zero-order valence-electron chi connectivity index (χ0n) is 15.4. The molecule has 0 atom stereocenters. The van der Waals surface area contributed by atoms with Gasteiger partial charge in [-0.2, -0.15) is 5.10 Å². The quantitative estimate of drug-likeness (QED) is 0.330. The fourth-order valence-electron chi connectivity index (χ4n) is 2.53. The van der Waals surface area contributed by atoms with Crippen molar-refractivity contribution in [1.29, 1.82) is 0 Å². The van der Waals surface area contributed by atoms with Crippen LogP contribution in [0.3, 0.4) is 0 Å². The minimum absolute atomic E-state index is 0.0109. The molecule has 134 valence electrons. The molecule has 0 spiro atoms. The van der Waals surface area contributed by atoms with Gasteiger partial charge in [0.05, 0.1) is 12.8 Å². The molecule has 0 bridgehead atoms. The summed E-state index contributed by atoms with van der Waals surface area (Å²) >= 11 is 0. The van der Waals surface area contributed by atoms with E-state index in [-0.39, 0.29) is 5.91 Å². The van der Waals surface area contributed by atoms with Crippen molar-refractivity contribution >= 4 is 11.6 Å². The molecule has 0 aliphatic heterocycles. The van der Waals surface area contributed by atoms with E-state index in [1.54, 1.807) is 7.11 Å². The van der Waals surface area contributed by atoms with Crippen LogP contribution in [0.15, 0.2) is 29.4 Å². The Kier molecular flexibility index (Phi) is 10.6. The van der Waals surface area contributed by atoms with Crippen molar-refractivity contribution in [2.75, 3.05) is 7.11 Å². The largest absolute Gasteiger partial charge is 0.497 e. The molecular formula is C20H32N2O2. The van der Waals surface area contributed by atoms with Crippen molar-refractivity contribution in [2.45, 2.75) is 71.6 Å². The van der Waals surface area contributed by atoms with Crippen LogP contribution in [0.2, 0.25) is 0 Å². The molecular weight excluding hydrogens is 300 g/mol. The molecule has 0 saturated carbocycles. The second kappa shape index (κ2) is 12.6. The van der Waals surface area contributed by atoms with Crippen LogP contribution in [0.1, 0.15) is 77.2 Å². The van der Waals surface area contributed by atoms with Crippen LogP contribution in [0.25, 0.3) is 0 Å². The number of carbonyl (C=O) groups excluding carboxylic acids is 1. The number of benzene rings is 1. The van der Waals surface area contributed by atoms with E-state index in [0.717, 1.165) is 29.9 Å². The van der Waals surface area contributed by atoms with Crippen LogP contribution in [0.5, 0.6) is 5.75 Å². The van der Waals surface area contributed by atoms with Crippen molar-refractivity contribution in [2.24, 2.45) is 5.10 Å². The second-order valence-electron chi connectivity index (χ2n) is 6.19. The van der Waals surface area contributed by atoms with E-state index in [9.17, 15) is 4.79 Å². The fourth-order valence-corrected chi connectivity index (χ4v) is 2.53. The smallest absolute Gasteiger partial charge is 0.240 e. The van der Waals surface area contributed by atoms with Crippen LogP contribution in [0.4, 0.5) is 0 Å². The van der Waals surface area contributed by atoms with Crippen LogP contribution in [-0.2, 0) is 4.79 Å². The summed E-state index contributed by atoms with van der Waals surface area (Å²) in [6, 6.07) is 7.66. The van der Waals surface area contributed by atoms with Gasteiger partial charge in [-0.3, -0.25) is 4.79 Å². The monoisotopic (exact) mass is 332 g/mol. The van der Waals surface area contributed by atoms with Gasteiger partial charge in [-0.15, -0.1) is 0 Å². The number of nitrogens with one attached hydrogen (secondary N) is 1. The van der Waals surface area contributed by atoms with E-state index in [1.165, 1.54) is 38.5 Å². The lowest BCUT2D eigenvalue weighted by Crippen LogP contribution is -2.18. The lowest BCUT2D eigenvalue weighted by Gasteiger charge is -2.05. The van der Waals surface area contributed by atoms with Crippen molar-refractivity contribution in [3.05, 3.63) is 29.8 Å². The lowest BCUT2D eigenvalue weighted by atomic mass is 10.1. The molecule has 1 amide bonds. The Balaban J connectivity index is 2.20. The molecule has 1 aromatic carbocycles. The Hall–Kier alpha value is -1.84. The number of carbonyl (C=O) groups is 1. The molecule has 0 aromatic heterocycles. The molecule has 1 rings (SSSR count). The number of methoxy groups -OCH3 is 1. The lowest BCUT2D eigenvalue weighted by molar-refractivity contribution is -0.121. The number of nitrogens with zero attached hydrogens (tertiary/aromatic N) is 1. The highest BCUT2D eigenvalue weighted by atomic mass is 16.5. The van der Waals surface area contributed by atoms with E-state index in [4.69, 9.17) is 4.74 Å². The van der Waals surface area contributed by atoms with Gasteiger partial charge in [0.2, 0.25) is 5.91 Å². The first kappa shape index (κ1) is 20.2. The van der Waals surface area contributed by atoms with Crippen molar-refractivity contribution in [3.8, 4) is 5.75 Å². The first-order valence-corrected chi connectivity index (χ1v) is 9.15. The number of unbranched alkanes of at least 4 members (excludes halogenated alkanes) is 7. The van der Waals surface area contributed by atoms with E-state index in [0.29, 0.717) is 6.42 Å². The molecule has 0 aliphatic rings. The fraction of sp³-hybridized carbons (Fsp3) is 0.600. The predicted octanol–water partition coefficient (Wildman–Crippen LogP) is 5.07. The Morgan fingerprint density at radius 2 is 1.75 bits per heavy atom. The Labute approximate surface area is 146 Å². The van der Waals surface area contributed by atoms with Gasteiger partial charge in [-0.05, 0) is 25.5 Å². The number of ether oxygens (including phenoxy) is 1. The molecule has 0 aliphatic carbocycles. The maximum atomic E-state index is 11.8. The average molecular weight is 332 g/mol. The number of hydrogen-bond acceptors (Lipinski definition) is 3. The van der Waals surface area contributed by atoms with Gasteiger partial charge in [0, 0.05) is 12.0 Å². The highest BCUT2D eigenvalue weighted by Crippen LogP contribution is 2.13. The third kappa shape index (κ3) is 8.70. The maximum Gasteiger partial charge on any atom is 0.240 e. The van der Waals surface area contributed by atoms with E-state index in [2.05, 4.69) is 17.5 Å². The first-order chi connectivity index (χ1) is 11.7. The van der Waals surface area contributed by atoms with Gasteiger partial charge in [0.25, 0.3) is 0 Å². The van der Waals surface area contributed by atoms with Crippen molar-refractivity contribution < 1.29 is 9.53 Å². The Morgan fingerprint density at radius 1 is 1.08 bits per heavy atom. The van der Waals surface area contributed by atoms with Crippen molar-refractivity contribution in [1.82, 2.24) is 5.43 Å². The summed E-state index contributed by atoms with van der Waals surface area (Å²) in [5.74, 6) is 0.774. The summed E-state index contributed by atoms with van der Waals surface area (Å²) in [7, 11) is 1.64. The minimum atomic E-state index is -0.0109. The highest BCUT2D eigenvalue weighted by Gasteiger charge is 2.02. The van der Waals surface area contributed by atoms with Gasteiger partial charge < -0.3 is 4.74 Å². The molecule has 4 heteroatoms. The molecule has 24 heavy (non-hydrogen) atoms. The average Bonchev–Trinajstić information content (AvgIpc) is 2.62. The molecule has 1 N–H and O–H groups in total. The number of hydrogen-bond donors (Lipinski definition) is 1. The van der Waals surface area contributed by atoms with E-state index < -0.39 is 0 Å². The molecule has 0 heterocycles. The maximum absolute atomic E-state index is 11.8. The van der Waals surface area contributed by atoms with E-state index in [1.807, 2.05) is 31.2 Å². The molecule has 1 aromatic rings. The van der Waals surface area contributed by atoms with E-state index >= 15 is 0 Å². The Bertz CT molecular complexity index is 512. The van der Waals surface area contributed by atoms with Gasteiger partial charge in [-0.25, -0.2) is 5.43 Å². The standard InChI is InChI=1S/C20H32N2O2/c1-4-5-6-7-8-9-10-11-15-20(23)22-21-17(2)18-13-12-14-19(16-18)24-3/h12-14,16H,4-11,15H2,1-3H3,(H,22,23)/b21-17+. The zero-order chi connectivity index (χ0) is 17.6. The van der Waals surface area contributed by atoms with Crippen LogP contribution in [0, 0.1) is 0 Å². The van der Waals surface area contributed by atoms with Gasteiger partial charge >= 0.3 is 0 Å². The summed E-state index contributed by atoms with van der Waals surface area (Å²) in [6.45, 7) is 4.11. The normalized spacial score (nSPS) is 11.4. The van der Waals surface area contributed by atoms with Crippen LogP contribution >= 0.6 is 0 Å². The number of amides is 1. The highest BCUT2D eigenvalue weighted by molar-refractivity contribution is 5.99. The summed E-state index contributed by atoms with van der Waals surface area (Å²) < 4.78 is 5.20. The predicted molar refractivity (Wildman–Crippen MR) is 101 cm³/mol. The third-order valence-electron chi connectivity index (χ3n) is 4.09. The Morgan fingerprint density at radius 3 is 2.42 bits per heavy atom. The van der Waals surface area contributed by atoms with Gasteiger partial charge in [0.15, 0.2) is 0 Å². The van der Waals surface area contributed by atoms with Gasteiger partial charge in [0.1, 0.15) is 5.75 Å². The van der Waals surface area contributed by atoms with Crippen LogP contribution < -0.4 is 10.2 Å². The number of hydrazone groups is 1. The second-order valence-corrected chi connectivity index (χ2v) is 6.19. The molecule has 0 saturated heterocycles. The molecule has 0 fully saturated rings. The van der Waals surface area contributed by atoms with Crippen molar-refractivity contribution in [3.63, 3.8) is 0 Å². The summed E-state index contributed by atoms with van der Waals surface area (Å²) in [4.78, 5) is 11.8. The SMILES string of the molecule is CCCCCCCCCCC(=O)N/N=C(\C)c1cccc(OC)c1. The molecule has 0 unspecified atom stereocenters. The summed E-state index contributed by atoms with van der Waals surface area (Å²) in [5, 5.41) is 4.18. The first-order valence-electron chi connectivity index (χ1n) is 9.15.